The van der Waals surface area contributed by atoms with Gasteiger partial charge in [0, 0.05) is 0 Å². The lowest BCUT2D eigenvalue weighted by atomic mass is 9.78. The van der Waals surface area contributed by atoms with Crippen LogP contribution in [-0.2, 0) is 0 Å². The molecule has 1 aromatic rings. The lowest BCUT2D eigenvalue weighted by molar-refractivity contribution is 0.235. The molecule has 3 heteroatoms. The van der Waals surface area contributed by atoms with E-state index in [1.54, 1.807) is 0 Å². The Morgan fingerprint density at radius 2 is 2.06 bits per heavy atom. The number of benzene rings is 1. The molecule has 1 rings (SSSR count). The van der Waals surface area contributed by atoms with Crippen LogP contribution in [0.2, 0.25) is 0 Å². The molecule has 0 aliphatic carbocycles. The van der Waals surface area contributed by atoms with Crippen molar-refractivity contribution < 1.29 is 4.74 Å². The minimum absolute atomic E-state index is 0.111. The smallest absolute Gasteiger partial charge is 0.119 e. The Balaban J connectivity index is 2.99. The van der Waals surface area contributed by atoms with Gasteiger partial charge >= 0.3 is 0 Å². The van der Waals surface area contributed by atoms with E-state index >= 15 is 0 Å². The molecule has 1 atom stereocenters. The van der Waals surface area contributed by atoms with Gasteiger partial charge in [-0.05, 0) is 36.5 Å². The maximum absolute atomic E-state index is 5.70. The van der Waals surface area contributed by atoms with Crippen molar-refractivity contribution in [1.82, 2.24) is 5.43 Å². The van der Waals surface area contributed by atoms with E-state index in [2.05, 4.69) is 38.3 Å². The van der Waals surface area contributed by atoms with Crippen molar-refractivity contribution in [2.45, 2.75) is 40.2 Å². The van der Waals surface area contributed by atoms with Crippen molar-refractivity contribution in [3.63, 3.8) is 0 Å². The third-order valence-electron chi connectivity index (χ3n) is 3.36. The van der Waals surface area contributed by atoms with Crippen molar-refractivity contribution in [2.75, 3.05) is 6.61 Å². The van der Waals surface area contributed by atoms with E-state index in [-0.39, 0.29) is 11.5 Å². The van der Waals surface area contributed by atoms with E-state index < -0.39 is 0 Å². The molecule has 17 heavy (non-hydrogen) atoms. The van der Waals surface area contributed by atoms with Gasteiger partial charge in [0.1, 0.15) is 5.75 Å². The zero-order valence-electron chi connectivity index (χ0n) is 11.3. The Kier molecular flexibility index (Phi) is 4.97. The van der Waals surface area contributed by atoms with Crippen LogP contribution >= 0.6 is 0 Å². The highest BCUT2D eigenvalue weighted by Crippen LogP contribution is 2.36. The van der Waals surface area contributed by atoms with Crippen LogP contribution in [-0.4, -0.2) is 6.61 Å². The molecule has 0 aromatic heterocycles. The molecular weight excluding hydrogens is 212 g/mol. The van der Waals surface area contributed by atoms with Gasteiger partial charge in [-0.25, -0.2) is 0 Å². The highest BCUT2D eigenvalue weighted by atomic mass is 16.5. The summed E-state index contributed by atoms with van der Waals surface area (Å²) < 4.78 is 5.52. The molecule has 96 valence electrons. The molecule has 0 aliphatic heterocycles. The maximum atomic E-state index is 5.70. The minimum Gasteiger partial charge on any atom is -0.494 e. The normalized spacial score (nSPS) is 13.5. The molecule has 3 nitrogen and oxygen atoms in total. The van der Waals surface area contributed by atoms with E-state index in [0.717, 1.165) is 12.2 Å². The first-order valence-electron chi connectivity index (χ1n) is 6.24. The number of rotatable bonds is 6. The van der Waals surface area contributed by atoms with Crippen LogP contribution in [0.4, 0.5) is 0 Å². The number of hydrazine groups is 1. The van der Waals surface area contributed by atoms with Crippen LogP contribution < -0.4 is 16.0 Å². The Morgan fingerprint density at radius 1 is 1.35 bits per heavy atom. The van der Waals surface area contributed by atoms with Crippen LogP contribution in [0.5, 0.6) is 5.75 Å². The van der Waals surface area contributed by atoms with E-state index in [4.69, 9.17) is 10.6 Å². The molecule has 0 radical (unpaired) electrons. The maximum Gasteiger partial charge on any atom is 0.119 e. The van der Waals surface area contributed by atoms with Crippen molar-refractivity contribution in [1.29, 1.82) is 0 Å². The topological polar surface area (TPSA) is 47.3 Å². The summed E-state index contributed by atoms with van der Waals surface area (Å²) >= 11 is 0. The molecule has 0 bridgehead atoms. The highest BCUT2D eigenvalue weighted by Gasteiger charge is 2.28. The molecule has 0 spiro atoms. The van der Waals surface area contributed by atoms with E-state index in [1.165, 1.54) is 5.56 Å². The summed E-state index contributed by atoms with van der Waals surface area (Å²) in [6.45, 7) is 9.27. The van der Waals surface area contributed by atoms with E-state index in [9.17, 15) is 0 Å². The fourth-order valence-electron chi connectivity index (χ4n) is 1.93. The van der Waals surface area contributed by atoms with Crippen LogP contribution in [0.1, 0.15) is 45.7 Å². The van der Waals surface area contributed by atoms with Crippen molar-refractivity contribution in [2.24, 2.45) is 11.3 Å². The predicted molar refractivity (Wildman–Crippen MR) is 71.7 cm³/mol. The summed E-state index contributed by atoms with van der Waals surface area (Å²) in [7, 11) is 0. The summed E-state index contributed by atoms with van der Waals surface area (Å²) in [5.74, 6) is 6.60. The quantitative estimate of drug-likeness (QED) is 0.589. The standard InChI is InChI=1S/C14H24N2O/c1-5-14(3,4)13(16-15)11-8-7-9-12(10-11)17-6-2/h7-10,13,16H,5-6,15H2,1-4H3. The second kappa shape index (κ2) is 6.03. The zero-order chi connectivity index (χ0) is 12.9. The third kappa shape index (κ3) is 3.45. The number of ether oxygens (including phenoxy) is 1. The lowest BCUT2D eigenvalue weighted by Crippen LogP contribution is -2.38. The first-order chi connectivity index (χ1) is 8.05. The van der Waals surface area contributed by atoms with Gasteiger partial charge in [-0.15, -0.1) is 0 Å². The van der Waals surface area contributed by atoms with Gasteiger partial charge in [-0.1, -0.05) is 32.9 Å². The van der Waals surface area contributed by atoms with Crippen molar-refractivity contribution in [3.8, 4) is 5.75 Å². The van der Waals surface area contributed by atoms with Gasteiger partial charge in [-0.3, -0.25) is 11.3 Å². The lowest BCUT2D eigenvalue weighted by Gasteiger charge is -2.33. The molecule has 0 aliphatic rings. The van der Waals surface area contributed by atoms with Crippen LogP contribution in [0.25, 0.3) is 0 Å². The Hall–Kier alpha value is -1.06. The first-order valence-corrected chi connectivity index (χ1v) is 6.24. The highest BCUT2D eigenvalue weighted by molar-refractivity contribution is 5.31. The van der Waals surface area contributed by atoms with Gasteiger partial charge in [0.15, 0.2) is 0 Å². The molecule has 1 unspecified atom stereocenters. The fourth-order valence-corrected chi connectivity index (χ4v) is 1.93. The van der Waals surface area contributed by atoms with Gasteiger partial charge in [0.2, 0.25) is 0 Å². The second-order valence-corrected chi connectivity index (χ2v) is 4.95. The van der Waals surface area contributed by atoms with E-state index in [0.29, 0.717) is 6.61 Å². The number of nitrogens with two attached hydrogens (primary N) is 1. The monoisotopic (exact) mass is 236 g/mol. The summed E-state index contributed by atoms with van der Waals surface area (Å²) in [6, 6.07) is 8.26. The summed E-state index contributed by atoms with van der Waals surface area (Å²) in [5, 5.41) is 0. The molecule has 0 fully saturated rings. The van der Waals surface area contributed by atoms with Crippen LogP contribution in [0, 0.1) is 5.41 Å². The molecule has 0 saturated heterocycles. The molecular formula is C14H24N2O. The van der Waals surface area contributed by atoms with E-state index in [1.807, 2.05) is 19.1 Å². The number of nitrogens with one attached hydrogen (secondary N) is 1. The third-order valence-corrected chi connectivity index (χ3v) is 3.36. The Morgan fingerprint density at radius 3 is 2.59 bits per heavy atom. The van der Waals surface area contributed by atoms with Gasteiger partial charge in [-0.2, -0.15) is 0 Å². The van der Waals surface area contributed by atoms with Gasteiger partial charge < -0.3 is 4.74 Å². The Bertz CT molecular complexity index is 350. The van der Waals surface area contributed by atoms with Crippen LogP contribution in [0.15, 0.2) is 24.3 Å². The first kappa shape index (κ1) is 14.0. The summed E-state index contributed by atoms with van der Waals surface area (Å²) in [5.41, 5.74) is 4.21. The van der Waals surface area contributed by atoms with Crippen molar-refractivity contribution >= 4 is 0 Å². The van der Waals surface area contributed by atoms with Crippen LogP contribution in [0.3, 0.4) is 0 Å². The zero-order valence-corrected chi connectivity index (χ0v) is 11.3. The minimum atomic E-state index is 0.111. The fraction of sp³-hybridized carbons (Fsp3) is 0.571. The summed E-state index contributed by atoms with van der Waals surface area (Å²) in [4.78, 5) is 0. The van der Waals surface area contributed by atoms with Gasteiger partial charge in [0.05, 0.1) is 12.6 Å². The SMILES string of the molecule is CCOc1cccc(C(NN)C(C)(C)CC)c1. The number of hydrogen-bond donors (Lipinski definition) is 2. The molecule has 0 amide bonds. The number of hydrogen-bond acceptors (Lipinski definition) is 3. The van der Waals surface area contributed by atoms with Gasteiger partial charge in [0.25, 0.3) is 0 Å². The average molecular weight is 236 g/mol. The molecule has 0 saturated carbocycles. The second-order valence-electron chi connectivity index (χ2n) is 4.95. The molecule has 0 heterocycles. The largest absolute Gasteiger partial charge is 0.494 e. The molecule has 1 aromatic carbocycles. The molecule has 3 N–H and O–H groups in total. The average Bonchev–Trinajstić information content (AvgIpc) is 2.30. The summed E-state index contributed by atoms with van der Waals surface area (Å²) in [6.07, 6.45) is 1.06. The van der Waals surface area contributed by atoms with Crippen molar-refractivity contribution in [3.05, 3.63) is 29.8 Å². The predicted octanol–water partition coefficient (Wildman–Crippen LogP) is 3.03. The Labute approximate surface area is 104 Å².